The maximum absolute atomic E-state index is 5.31. The first-order valence-electron chi connectivity index (χ1n) is 3.57. The Hall–Kier alpha value is 0.440. The van der Waals surface area contributed by atoms with Crippen molar-refractivity contribution in [3.8, 4) is 0 Å². The summed E-state index contributed by atoms with van der Waals surface area (Å²) in [5.74, 6) is 0.832. The highest BCUT2D eigenvalue weighted by Gasteiger charge is 2.11. The van der Waals surface area contributed by atoms with Gasteiger partial charge in [-0.15, -0.1) is 0 Å². The van der Waals surface area contributed by atoms with E-state index in [1.54, 1.807) is 0 Å². The Morgan fingerprint density at radius 3 is 3.00 bits per heavy atom. The zero-order valence-corrected chi connectivity index (χ0v) is 7.19. The van der Waals surface area contributed by atoms with Gasteiger partial charge in [-0.3, -0.25) is 0 Å². The van der Waals surface area contributed by atoms with Crippen molar-refractivity contribution in [1.29, 1.82) is 0 Å². The normalized spacial score (nSPS) is 28.3. The van der Waals surface area contributed by atoms with E-state index >= 15 is 0 Å². The molecule has 1 heterocycles. The summed E-state index contributed by atoms with van der Waals surface area (Å²) in [5, 5.41) is 1.13. The fourth-order valence-corrected chi connectivity index (χ4v) is 1.84. The minimum atomic E-state index is 0.832. The Balaban J connectivity index is 2.08. The van der Waals surface area contributed by atoms with Crippen molar-refractivity contribution in [3.63, 3.8) is 0 Å². The molecule has 0 N–H and O–H groups in total. The quantitative estimate of drug-likeness (QED) is 0.611. The monoisotopic (exact) mass is 192 g/mol. The number of halogens is 1. The first-order valence-corrected chi connectivity index (χ1v) is 4.69. The van der Waals surface area contributed by atoms with Crippen LogP contribution in [-0.2, 0) is 4.74 Å². The van der Waals surface area contributed by atoms with Crippen LogP contribution in [0.3, 0.4) is 0 Å². The Bertz CT molecular complexity index is 66.6. The van der Waals surface area contributed by atoms with Crippen molar-refractivity contribution in [1.82, 2.24) is 0 Å². The summed E-state index contributed by atoms with van der Waals surface area (Å²) in [7, 11) is 0. The summed E-state index contributed by atoms with van der Waals surface area (Å²) >= 11 is 3.43. The lowest BCUT2D eigenvalue weighted by atomic mass is 10.00. The standard InChI is InChI=1S/C7H13BrO/c8-4-3-7-2-1-5-9-6-7/h7H,1-6H2. The molecule has 0 radical (unpaired) electrons. The number of ether oxygens (including phenoxy) is 1. The third-order valence-corrected chi connectivity index (χ3v) is 2.23. The van der Waals surface area contributed by atoms with E-state index in [9.17, 15) is 0 Å². The van der Waals surface area contributed by atoms with Crippen molar-refractivity contribution in [3.05, 3.63) is 0 Å². The topological polar surface area (TPSA) is 9.23 Å². The van der Waals surface area contributed by atoms with Crippen LogP contribution in [0.1, 0.15) is 19.3 Å². The molecule has 0 aromatic rings. The second-order valence-corrected chi connectivity index (χ2v) is 3.35. The zero-order chi connectivity index (χ0) is 6.53. The van der Waals surface area contributed by atoms with Gasteiger partial charge in [0.2, 0.25) is 0 Å². The maximum Gasteiger partial charge on any atom is 0.0494 e. The van der Waals surface area contributed by atoms with E-state index < -0.39 is 0 Å². The van der Waals surface area contributed by atoms with Crippen LogP contribution >= 0.6 is 15.9 Å². The summed E-state index contributed by atoms with van der Waals surface area (Å²) in [6, 6.07) is 0. The van der Waals surface area contributed by atoms with E-state index in [1.165, 1.54) is 19.3 Å². The Morgan fingerprint density at radius 2 is 2.44 bits per heavy atom. The number of rotatable bonds is 2. The van der Waals surface area contributed by atoms with Crippen LogP contribution in [0.25, 0.3) is 0 Å². The molecule has 1 saturated heterocycles. The molecule has 54 valence electrons. The Morgan fingerprint density at radius 1 is 1.56 bits per heavy atom. The van der Waals surface area contributed by atoms with E-state index in [4.69, 9.17) is 4.74 Å². The fourth-order valence-electron chi connectivity index (χ4n) is 1.19. The average molecular weight is 193 g/mol. The van der Waals surface area contributed by atoms with E-state index in [0.717, 1.165) is 24.5 Å². The van der Waals surface area contributed by atoms with Gasteiger partial charge in [-0.05, 0) is 25.2 Å². The Kier molecular flexibility index (Phi) is 3.59. The molecular weight excluding hydrogens is 180 g/mol. The van der Waals surface area contributed by atoms with Gasteiger partial charge in [0, 0.05) is 18.5 Å². The van der Waals surface area contributed by atoms with Crippen molar-refractivity contribution in [2.45, 2.75) is 19.3 Å². The lowest BCUT2D eigenvalue weighted by Crippen LogP contribution is -2.17. The van der Waals surface area contributed by atoms with E-state index in [2.05, 4.69) is 15.9 Å². The second kappa shape index (κ2) is 4.29. The van der Waals surface area contributed by atoms with Crippen molar-refractivity contribution >= 4 is 15.9 Å². The van der Waals surface area contributed by atoms with Crippen LogP contribution in [0, 0.1) is 5.92 Å². The lowest BCUT2D eigenvalue weighted by Gasteiger charge is -2.20. The molecule has 1 nitrogen and oxygen atoms in total. The number of alkyl halides is 1. The van der Waals surface area contributed by atoms with Gasteiger partial charge >= 0.3 is 0 Å². The van der Waals surface area contributed by atoms with Crippen molar-refractivity contribution < 1.29 is 4.74 Å². The third kappa shape index (κ3) is 2.67. The smallest absolute Gasteiger partial charge is 0.0494 e. The highest BCUT2D eigenvalue weighted by atomic mass is 79.9. The molecule has 0 bridgehead atoms. The predicted molar refractivity (Wildman–Crippen MR) is 42.0 cm³/mol. The first-order chi connectivity index (χ1) is 4.43. The van der Waals surface area contributed by atoms with E-state index in [1.807, 2.05) is 0 Å². The first kappa shape index (κ1) is 7.55. The molecule has 1 aliphatic rings. The second-order valence-electron chi connectivity index (χ2n) is 2.56. The third-order valence-electron chi connectivity index (χ3n) is 1.77. The molecular formula is C7H13BrO. The molecule has 0 saturated carbocycles. The van der Waals surface area contributed by atoms with Gasteiger partial charge in [-0.1, -0.05) is 15.9 Å². The van der Waals surface area contributed by atoms with Crippen molar-refractivity contribution in [2.75, 3.05) is 18.5 Å². The van der Waals surface area contributed by atoms with Crippen LogP contribution in [-0.4, -0.2) is 18.5 Å². The van der Waals surface area contributed by atoms with E-state index in [-0.39, 0.29) is 0 Å². The van der Waals surface area contributed by atoms with Gasteiger partial charge in [-0.2, -0.15) is 0 Å². The highest BCUT2D eigenvalue weighted by molar-refractivity contribution is 9.09. The summed E-state index contributed by atoms with van der Waals surface area (Å²) in [6.45, 7) is 1.98. The molecule has 0 spiro atoms. The van der Waals surface area contributed by atoms with Gasteiger partial charge in [0.15, 0.2) is 0 Å². The Labute approximate surface area is 64.9 Å². The van der Waals surface area contributed by atoms with Gasteiger partial charge in [0.05, 0.1) is 0 Å². The van der Waals surface area contributed by atoms with Crippen LogP contribution in [0.2, 0.25) is 0 Å². The summed E-state index contributed by atoms with van der Waals surface area (Å²) < 4.78 is 5.31. The molecule has 0 aromatic carbocycles. The van der Waals surface area contributed by atoms with Gasteiger partial charge in [0.25, 0.3) is 0 Å². The number of hydrogen-bond donors (Lipinski definition) is 0. The minimum absolute atomic E-state index is 0.832. The molecule has 1 fully saturated rings. The fraction of sp³-hybridized carbons (Fsp3) is 1.00. The largest absolute Gasteiger partial charge is 0.381 e. The van der Waals surface area contributed by atoms with Crippen LogP contribution in [0.15, 0.2) is 0 Å². The molecule has 1 unspecified atom stereocenters. The zero-order valence-electron chi connectivity index (χ0n) is 5.61. The molecule has 1 aliphatic heterocycles. The predicted octanol–water partition coefficient (Wildman–Crippen LogP) is 2.20. The summed E-state index contributed by atoms with van der Waals surface area (Å²) in [6.07, 6.45) is 3.91. The van der Waals surface area contributed by atoms with Gasteiger partial charge < -0.3 is 4.74 Å². The van der Waals surface area contributed by atoms with E-state index in [0.29, 0.717) is 0 Å². The van der Waals surface area contributed by atoms with Gasteiger partial charge in [0.1, 0.15) is 0 Å². The number of hydrogen-bond acceptors (Lipinski definition) is 1. The molecule has 0 aliphatic carbocycles. The molecule has 0 amide bonds. The molecule has 0 aromatic heterocycles. The molecule has 9 heavy (non-hydrogen) atoms. The summed E-state index contributed by atoms with van der Waals surface area (Å²) in [5.41, 5.74) is 0. The SMILES string of the molecule is BrCCC1CCCOC1. The van der Waals surface area contributed by atoms with Crippen molar-refractivity contribution in [2.24, 2.45) is 5.92 Å². The lowest BCUT2D eigenvalue weighted by molar-refractivity contribution is 0.0541. The van der Waals surface area contributed by atoms with Crippen LogP contribution in [0.4, 0.5) is 0 Å². The molecule has 1 rings (SSSR count). The maximum atomic E-state index is 5.31. The molecule has 2 heteroatoms. The summed E-state index contributed by atoms with van der Waals surface area (Å²) in [4.78, 5) is 0. The minimum Gasteiger partial charge on any atom is -0.381 e. The van der Waals surface area contributed by atoms with Gasteiger partial charge in [-0.25, -0.2) is 0 Å². The van der Waals surface area contributed by atoms with Crippen LogP contribution < -0.4 is 0 Å². The van der Waals surface area contributed by atoms with Crippen LogP contribution in [0.5, 0.6) is 0 Å². The molecule has 1 atom stereocenters. The highest BCUT2D eigenvalue weighted by Crippen LogP contribution is 2.17. The average Bonchev–Trinajstić information content (AvgIpc) is 1.91.